The molecule has 0 saturated heterocycles. The Hall–Kier alpha value is -5.44. The molecule has 0 N–H and O–H groups in total. The minimum atomic E-state index is -0.163. The van der Waals surface area contributed by atoms with Gasteiger partial charge in [0.25, 0.3) is 0 Å². The van der Waals surface area contributed by atoms with Gasteiger partial charge in [-0.1, -0.05) is 156 Å². The van der Waals surface area contributed by atoms with Crippen molar-refractivity contribution in [1.29, 1.82) is 0 Å². The van der Waals surface area contributed by atoms with Gasteiger partial charge in [0.2, 0.25) is 0 Å². The summed E-state index contributed by atoms with van der Waals surface area (Å²) in [4.78, 5) is 2.53. The fourth-order valence-corrected chi connectivity index (χ4v) is 9.56. The zero-order valence-electron chi connectivity index (χ0n) is 29.9. The number of benzene rings is 7. The third-order valence-corrected chi connectivity index (χ3v) is 12.0. The Kier molecular flexibility index (Phi) is 7.31. The van der Waals surface area contributed by atoms with E-state index in [9.17, 15) is 0 Å². The second-order valence-electron chi connectivity index (χ2n) is 15.4. The summed E-state index contributed by atoms with van der Waals surface area (Å²) >= 11 is 1.89. The molecule has 0 radical (unpaired) electrons. The number of hydrogen-bond donors (Lipinski definition) is 0. The molecular weight excluding hydrogens is 635 g/mol. The molecule has 1 aliphatic carbocycles. The maximum Gasteiger partial charge on any atom is 0.0508 e. The van der Waals surface area contributed by atoms with Crippen LogP contribution in [-0.2, 0) is 10.8 Å². The number of thiophene rings is 1. The fraction of sp³-hybridized carbons (Fsp3) is 0.143. The van der Waals surface area contributed by atoms with Crippen LogP contribution in [0.5, 0.6) is 0 Å². The molecule has 0 spiro atoms. The number of anilines is 3. The van der Waals surface area contributed by atoms with E-state index < -0.39 is 0 Å². The van der Waals surface area contributed by atoms with Crippen LogP contribution in [0.3, 0.4) is 0 Å². The van der Waals surface area contributed by atoms with E-state index >= 15 is 0 Å². The van der Waals surface area contributed by atoms with Crippen LogP contribution in [0.2, 0.25) is 0 Å². The van der Waals surface area contributed by atoms with Crippen molar-refractivity contribution in [2.24, 2.45) is 0 Å². The van der Waals surface area contributed by atoms with Crippen LogP contribution in [0.1, 0.15) is 51.3 Å². The van der Waals surface area contributed by atoms with Gasteiger partial charge in [0.15, 0.2) is 0 Å². The van der Waals surface area contributed by atoms with Crippen molar-refractivity contribution >= 4 is 48.6 Å². The zero-order chi connectivity index (χ0) is 34.9. The van der Waals surface area contributed by atoms with E-state index in [-0.39, 0.29) is 10.8 Å². The Morgan fingerprint density at radius 1 is 0.510 bits per heavy atom. The van der Waals surface area contributed by atoms with Crippen molar-refractivity contribution < 1.29 is 0 Å². The van der Waals surface area contributed by atoms with Gasteiger partial charge in [0, 0.05) is 37.0 Å². The molecule has 0 aliphatic heterocycles. The molecule has 1 nitrogen and oxygen atoms in total. The number of rotatable bonds is 5. The van der Waals surface area contributed by atoms with E-state index in [1.807, 2.05) is 11.3 Å². The average Bonchev–Trinajstić information content (AvgIpc) is 3.65. The Bertz CT molecular complexity index is 2580. The molecule has 2 heteroatoms. The monoisotopic (exact) mass is 675 g/mol. The fourth-order valence-electron chi connectivity index (χ4n) is 8.32. The first-order chi connectivity index (χ1) is 24.7. The lowest BCUT2D eigenvalue weighted by Crippen LogP contribution is -2.23. The molecule has 0 fully saturated rings. The van der Waals surface area contributed by atoms with Crippen molar-refractivity contribution in [2.75, 3.05) is 4.90 Å². The van der Waals surface area contributed by atoms with Crippen molar-refractivity contribution in [2.45, 2.75) is 45.4 Å². The first-order valence-corrected chi connectivity index (χ1v) is 18.8. The predicted octanol–water partition coefficient (Wildman–Crippen LogP) is 14.5. The van der Waals surface area contributed by atoms with Crippen LogP contribution in [0.25, 0.3) is 53.6 Å². The van der Waals surface area contributed by atoms with Crippen LogP contribution < -0.4 is 4.90 Å². The van der Waals surface area contributed by atoms with E-state index in [0.717, 1.165) is 5.69 Å². The third-order valence-electron chi connectivity index (χ3n) is 10.8. The van der Waals surface area contributed by atoms with Crippen LogP contribution in [0.15, 0.2) is 158 Å². The van der Waals surface area contributed by atoms with Gasteiger partial charge in [-0.25, -0.2) is 0 Å². The average molecular weight is 676 g/mol. The quantitative estimate of drug-likeness (QED) is 0.175. The first kappa shape index (κ1) is 31.5. The highest BCUT2D eigenvalue weighted by Gasteiger charge is 2.39. The van der Waals surface area contributed by atoms with Gasteiger partial charge in [0.1, 0.15) is 0 Å². The largest absolute Gasteiger partial charge is 0.310 e. The van der Waals surface area contributed by atoms with Crippen molar-refractivity contribution in [3.63, 3.8) is 0 Å². The minimum absolute atomic E-state index is 0.106. The number of fused-ring (bicyclic) bond motifs is 6. The SMILES string of the molecule is CC(C)(C)c1cc(-c2ccccc2)ccc1N(c1ccc(-c2cccc3c2sc2ccccc23)cc1)c1cccc2c1C(C)(C)c1ccccc1-2. The molecule has 248 valence electrons. The highest BCUT2D eigenvalue weighted by atomic mass is 32.1. The highest BCUT2D eigenvalue weighted by Crippen LogP contribution is 2.55. The van der Waals surface area contributed by atoms with Gasteiger partial charge in [-0.3, -0.25) is 0 Å². The Morgan fingerprint density at radius 2 is 1.16 bits per heavy atom. The standard InChI is InChI=1S/C49H41NS/c1-48(2,3)42-31-34(32-15-7-6-8-16-32)27-30-43(42)50(44-23-14-20-39-37-17-9-11-22-41(37)49(4,5)46(39)44)35-28-25-33(26-29-35)36-19-13-21-40-38-18-10-12-24-45(38)51-47(36)40/h6-31H,1-5H3. The summed E-state index contributed by atoms with van der Waals surface area (Å²) in [6.07, 6.45) is 0. The molecule has 0 atom stereocenters. The summed E-state index contributed by atoms with van der Waals surface area (Å²) in [7, 11) is 0. The minimum Gasteiger partial charge on any atom is -0.310 e. The molecule has 8 aromatic rings. The highest BCUT2D eigenvalue weighted by molar-refractivity contribution is 7.26. The maximum absolute atomic E-state index is 2.53. The van der Waals surface area contributed by atoms with Gasteiger partial charge >= 0.3 is 0 Å². The van der Waals surface area contributed by atoms with E-state index in [0.29, 0.717) is 0 Å². The van der Waals surface area contributed by atoms with Crippen molar-refractivity contribution in [3.8, 4) is 33.4 Å². The number of hydrogen-bond acceptors (Lipinski definition) is 2. The normalized spacial score (nSPS) is 13.4. The predicted molar refractivity (Wildman–Crippen MR) is 221 cm³/mol. The smallest absolute Gasteiger partial charge is 0.0508 e. The van der Waals surface area contributed by atoms with E-state index in [1.165, 1.54) is 81.6 Å². The van der Waals surface area contributed by atoms with E-state index in [4.69, 9.17) is 0 Å². The summed E-state index contributed by atoms with van der Waals surface area (Å²) in [5, 5.41) is 2.66. The zero-order valence-corrected chi connectivity index (χ0v) is 30.7. The third kappa shape index (κ3) is 5.12. The van der Waals surface area contributed by atoms with Gasteiger partial charge in [-0.15, -0.1) is 11.3 Å². The summed E-state index contributed by atoms with van der Waals surface area (Å²) in [6, 6.07) is 58.4. The van der Waals surface area contributed by atoms with Gasteiger partial charge < -0.3 is 4.90 Å². The summed E-state index contributed by atoms with van der Waals surface area (Å²) in [5.74, 6) is 0. The van der Waals surface area contributed by atoms with Crippen LogP contribution >= 0.6 is 11.3 Å². The Morgan fingerprint density at radius 3 is 1.96 bits per heavy atom. The lowest BCUT2D eigenvalue weighted by Gasteiger charge is -2.36. The molecule has 9 rings (SSSR count). The van der Waals surface area contributed by atoms with Gasteiger partial charge in [0.05, 0.1) is 5.69 Å². The second kappa shape index (κ2) is 11.8. The molecule has 0 bridgehead atoms. The summed E-state index contributed by atoms with van der Waals surface area (Å²) in [5.41, 5.74) is 15.0. The molecule has 7 aromatic carbocycles. The maximum atomic E-state index is 2.53. The molecule has 0 amide bonds. The van der Waals surface area contributed by atoms with Gasteiger partial charge in [-0.05, 0) is 91.9 Å². The van der Waals surface area contributed by atoms with Crippen molar-refractivity contribution in [3.05, 3.63) is 174 Å². The van der Waals surface area contributed by atoms with Crippen molar-refractivity contribution in [1.82, 2.24) is 0 Å². The molecule has 0 saturated carbocycles. The lowest BCUT2D eigenvalue weighted by molar-refractivity contribution is 0.591. The molecule has 51 heavy (non-hydrogen) atoms. The first-order valence-electron chi connectivity index (χ1n) is 17.9. The summed E-state index contributed by atoms with van der Waals surface area (Å²) in [6.45, 7) is 11.8. The molecule has 1 aromatic heterocycles. The molecule has 1 heterocycles. The topological polar surface area (TPSA) is 3.24 Å². The van der Waals surface area contributed by atoms with Crippen LogP contribution in [-0.4, -0.2) is 0 Å². The lowest BCUT2D eigenvalue weighted by atomic mass is 9.80. The Labute approximate surface area is 305 Å². The molecule has 0 unspecified atom stereocenters. The molecular formula is C49H41NS. The molecule has 1 aliphatic rings. The summed E-state index contributed by atoms with van der Waals surface area (Å²) < 4.78 is 2.67. The number of nitrogens with zero attached hydrogens (tertiary/aromatic N) is 1. The van der Waals surface area contributed by atoms with Crippen LogP contribution in [0, 0.1) is 0 Å². The van der Waals surface area contributed by atoms with Gasteiger partial charge in [-0.2, -0.15) is 0 Å². The second-order valence-corrected chi connectivity index (χ2v) is 16.4. The van der Waals surface area contributed by atoms with Crippen LogP contribution in [0.4, 0.5) is 17.1 Å². The Balaban J connectivity index is 1.26. The van der Waals surface area contributed by atoms with E-state index in [1.54, 1.807) is 0 Å². The van der Waals surface area contributed by atoms with E-state index in [2.05, 4.69) is 197 Å².